The van der Waals surface area contributed by atoms with E-state index in [2.05, 4.69) is 13.5 Å². The van der Waals surface area contributed by atoms with Gasteiger partial charge in [-0.2, -0.15) is 0 Å². The zero-order valence-corrected chi connectivity index (χ0v) is 12.4. The summed E-state index contributed by atoms with van der Waals surface area (Å²) in [6, 6.07) is 0. The summed E-state index contributed by atoms with van der Waals surface area (Å²) in [5, 5.41) is 0. The molecule has 1 saturated carbocycles. The minimum absolute atomic E-state index is 0.119. The molecule has 0 bridgehead atoms. The molecular weight excluding hydrogens is 256 g/mol. The minimum Gasteiger partial charge on any atom is -0.465 e. The summed E-state index contributed by atoms with van der Waals surface area (Å²) in [5.74, 6) is 0.588. The van der Waals surface area contributed by atoms with Crippen molar-refractivity contribution >= 4 is 5.97 Å². The van der Waals surface area contributed by atoms with E-state index in [1.165, 1.54) is 0 Å². The highest BCUT2D eigenvalue weighted by molar-refractivity contribution is 5.69. The molecule has 1 unspecified atom stereocenters. The van der Waals surface area contributed by atoms with Crippen molar-refractivity contribution in [2.45, 2.75) is 51.2 Å². The first-order chi connectivity index (χ1) is 9.65. The van der Waals surface area contributed by atoms with Crippen LogP contribution in [0.15, 0.2) is 12.7 Å². The maximum absolute atomic E-state index is 11.5. The number of carbonyl (C=O) groups is 1. The van der Waals surface area contributed by atoms with Crippen molar-refractivity contribution in [1.29, 1.82) is 0 Å². The fourth-order valence-electron chi connectivity index (χ4n) is 3.09. The predicted octanol–water partition coefficient (Wildman–Crippen LogP) is 3.07. The summed E-state index contributed by atoms with van der Waals surface area (Å²) in [5.41, 5.74) is 0. The van der Waals surface area contributed by atoms with Crippen molar-refractivity contribution in [2.24, 2.45) is 11.8 Å². The molecule has 0 aromatic rings. The second-order valence-electron chi connectivity index (χ2n) is 5.93. The van der Waals surface area contributed by atoms with Crippen molar-refractivity contribution < 1.29 is 19.0 Å². The molecule has 4 heteroatoms. The lowest BCUT2D eigenvalue weighted by atomic mass is 9.78. The highest BCUT2D eigenvalue weighted by atomic mass is 16.7. The minimum atomic E-state index is -0.295. The van der Waals surface area contributed by atoms with Gasteiger partial charge in [-0.05, 0) is 31.1 Å². The fourth-order valence-corrected chi connectivity index (χ4v) is 3.09. The molecule has 1 heterocycles. The maximum atomic E-state index is 11.5. The van der Waals surface area contributed by atoms with Crippen LogP contribution in [0.2, 0.25) is 0 Å². The second-order valence-corrected chi connectivity index (χ2v) is 5.93. The Bertz CT molecular complexity index is 323. The Balaban J connectivity index is 1.67. The molecule has 2 rings (SSSR count). The van der Waals surface area contributed by atoms with E-state index in [0.29, 0.717) is 31.3 Å². The Kier molecular flexibility index (Phi) is 5.61. The van der Waals surface area contributed by atoms with Gasteiger partial charge in [-0.3, -0.25) is 4.79 Å². The first-order valence-corrected chi connectivity index (χ1v) is 7.70. The van der Waals surface area contributed by atoms with Crippen molar-refractivity contribution in [3.8, 4) is 0 Å². The Hall–Kier alpha value is -0.870. The summed E-state index contributed by atoms with van der Waals surface area (Å²) in [4.78, 5) is 11.5. The molecule has 1 spiro atoms. The average Bonchev–Trinajstić information content (AvgIpc) is 2.91. The van der Waals surface area contributed by atoms with Gasteiger partial charge in [-0.25, -0.2) is 0 Å². The van der Waals surface area contributed by atoms with E-state index in [1.807, 2.05) is 0 Å². The largest absolute Gasteiger partial charge is 0.465 e. The SMILES string of the molecule is C=CCCC(=O)OCC(C)C1CCC2(CC1)OCCO2. The number of carbonyl (C=O) groups excluding carboxylic acids is 1. The predicted molar refractivity (Wildman–Crippen MR) is 76.1 cm³/mol. The van der Waals surface area contributed by atoms with Gasteiger partial charge in [0.1, 0.15) is 0 Å². The van der Waals surface area contributed by atoms with E-state index in [4.69, 9.17) is 14.2 Å². The molecule has 0 amide bonds. The topological polar surface area (TPSA) is 44.8 Å². The van der Waals surface area contributed by atoms with E-state index in [-0.39, 0.29) is 11.8 Å². The summed E-state index contributed by atoms with van der Waals surface area (Å²) in [6.07, 6.45) is 6.97. The fraction of sp³-hybridized carbons (Fsp3) is 0.812. The van der Waals surface area contributed by atoms with Gasteiger partial charge >= 0.3 is 5.97 Å². The molecule has 20 heavy (non-hydrogen) atoms. The van der Waals surface area contributed by atoms with Crippen LogP contribution in [0, 0.1) is 11.8 Å². The van der Waals surface area contributed by atoms with Crippen LogP contribution in [0.3, 0.4) is 0 Å². The van der Waals surface area contributed by atoms with Crippen LogP contribution in [0.5, 0.6) is 0 Å². The molecule has 4 nitrogen and oxygen atoms in total. The van der Waals surface area contributed by atoms with Crippen LogP contribution < -0.4 is 0 Å². The van der Waals surface area contributed by atoms with E-state index in [1.54, 1.807) is 6.08 Å². The van der Waals surface area contributed by atoms with Crippen molar-refractivity contribution in [3.63, 3.8) is 0 Å². The lowest BCUT2D eigenvalue weighted by Crippen LogP contribution is -2.37. The third kappa shape index (κ3) is 4.06. The molecule has 2 fully saturated rings. The quantitative estimate of drug-likeness (QED) is 0.555. The standard InChI is InChI=1S/C16H26O4/c1-3-4-5-15(17)18-12-13(2)14-6-8-16(9-7-14)19-10-11-20-16/h3,13-14H,1,4-12H2,2H3. The molecule has 0 N–H and O–H groups in total. The summed E-state index contributed by atoms with van der Waals surface area (Å²) >= 11 is 0. The number of allylic oxidation sites excluding steroid dienone is 1. The molecule has 1 aliphatic carbocycles. The third-order valence-corrected chi connectivity index (χ3v) is 4.47. The monoisotopic (exact) mass is 282 g/mol. The number of hydrogen-bond donors (Lipinski definition) is 0. The Morgan fingerprint density at radius 1 is 1.40 bits per heavy atom. The van der Waals surface area contributed by atoms with Crippen LogP contribution in [-0.2, 0) is 19.0 Å². The van der Waals surface area contributed by atoms with Crippen LogP contribution in [-0.4, -0.2) is 31.6 Å². The van der Waals surface area contributed by atoms with Gasteiger partial charge in [0.2, 0.25) is 0 Å². The van der Waals surface area contributed by atoms with Gasteiger partial charge in [0.25, 0.3) is 0 Å². The number of ether oxygens (including phenoxy) is 3. The lowest BCUT2D eigenvalue weighted by Gasteiger charge is -2.37. The highest BCUT2D eigenvalue weighted by Gasteiger charge is 2.41. The normalized spacial score (nSPS) is 23.6. The van der Waals surface area contributed by atoms with Crippen molar-refractivity contribution in [2.75, 3.05) is 19.8 Å². The van der Waals surface area contributed by atoms with Gasteiger partial charge in [-0.15, -0.1) is 6.58 Å². The molecule has 2 aliphatic rings. The second kappa shape index (κ2) is 7.23. The molecule has 1 saturated heterocycles. The zero-order chi connectivity index (χ0) is 14.4. The smallest absolute Gasteiger partial charge is 0.306 e. The first-order valence-electron chi connectivity index (χ1n) is 7.70. The number of hydrogen-bond acceptors (Lipinski definition) is 4. The summed E-state index contributed by atoms with van der Waals surface area (Å²) in [6.45, 7) is 7.74. The average molecular weight is 282 g/mol. The van der Waals surface area contributed by atoms with Crippen molar-refractivity contribution in [3.05, 3.63) is 12.7 Å². The maximum Gasteiger partial charge on any atom is 0.306 e. The molecular formula is C16H26O4. The zero-order valence-electron chi connectivity index (χ0n) is 12.4. The van der Waals surface area contributed by atoms with E-state index in [0.717, 1.165) is 38.9 Å². The first kappa shape index (κ1) is 15.5. The van der Waals surface area contributed by atoms with Crippen LogP contribution >= 0.6 is 0 Å². The molecule has 0 aromatic carbocycles. The van der Waals surface area contributed by atoms with E-state index >= 15 is 0 Å². The lowest BCUT2D eigenvalue weighted by molar-refractivity contribution is -0.185. The van der Waals surface area contributed by atoms with Gasteiger partial charge < -0.3 is 14.2 Å². The van der Waals surface area contributed by atoms with Gasteiger partial charge in [0, 0.05) is 19.3 Å². The molecule has 0 radical (unpaired) electrons. The third-order valence-electron chi connectivity index (χ3n) is 4.47. The van der Waals surface area contributed by atoms with E-state index < -0.39 is 0 Å². The van der Waals surface area contributed by atoms with Gasteiger partial charge in [-0.1, -0.05) is 13.0 Å². The molecule has 0 aromatic heterocycles. The summed E-state index contributed by atoms with van der Waals surface area (Å²) in [7, 11) is 0. The van der Waals surface area contributed by atoms with Gasteiger partial charge in [0.15, 0.2) is 5.79 Å². The highest BCUT2D eigenvalue weighted by Crippen LogP contribution is 2.40. The van der Waals surface area contributed by atoms with Crippen LogP contribution in [0.4, 0.5) is 0 Å². The molecule has 1 atom stereocenters. The van der Waals surface area contributed by atoms with Gasteiger partial charge in [0.05, 0.1) is 19.8 Å². The molecule has 114 valence electrons. The van der Waals surface area contributed by atoms with Crippen LogP contribution in [0.25, 0.3) is 0 Å². The Morgan fingerprint density at radius 2 is 2.05 bits per heavy atom. The van der Waals surface area contributed by atoms with E-state index in [9.17, 15) is 4.79 Å². The van der Waals surface area contributed by atoms with Crippen LogP contribution in [0.1, 0.15) is 45.4 Å². The summed E-state index contributed by atoms with van der Waals surface area (Å²) < 4.78 is 16.8. The number of rotatable bonds is 6. The molecule has 1 aliphatic heterocycles. The van der Waals surface area contributed by atoms with Crippen molar-refractivity contribution in [1.82, 2.24) is 0 Å². The Morgan fingerprint density at radius 3 is 2.65 bits per heavy atom. The number of esters is 1. The Labute approximate surface area is 121 Å².